The molecular formula is C36H38N2O5S. The number of ether oxygens (including phenoxy) is 2. The molecule has 0 aliphatic heterocycles. The number of esters is 1. The molecule has 0 spiro atoms. The van der Waals surface area contributed by atoms with Gasteiger partial charge in [-0.1, -0.05) is 54.6 Å². The quantitative estimate of drug-likeness (QED) is 0.0895. The molecule has 4 aromatic rings. The summed E-state index contributed by atoms with van der Waals surface area (Å²) >= 11 is 1.62. The molecule has 0 saturated heterocycles. The molecule has 3 aromatic carbocycles. The summed E-state index contributed by atoms with van der Waals surface area (Å²) in [7, 11) is 1.36. The van der Waals surface area contributed by atoms with Crippen molar-refractivity contribution in [3.63, 3.8) is 0 Å². The first-order valence-electron chi connectivity index (χ1n) is 15.0. The maximum atomic E-state index is 13.2. The fourth-order valence-corrected chi connectivity index (χ4v) is 5.76. The van der Waals surface area contributed by atoms with Crippen LogP contribution < -0.4 is 10.1 Å². The lowest BCUT2D eigenvalue weighted by molar-refractivity contribution is -0.141. The van der Waals surface area contributed by atoms with Crippen LogP contribution in [0, 0.1) is 5.92 Å². The summed E-state index contributed by atoms with van der Waals surface area (Å²) in [6.07, 6.45) is 3.98. The Balaban J connectivity index is 1.15. The van der Waals surface area contributed by atoms with Crippen LogP contribution in [0.5, 0.6) is 5.75 Å². The molecule has 1 saturated carbocycles. The van der Waals surface area contributed by atoms with Gasteiger partial charge in [0.25, 0.3) is 0 Å². The molecule has 1 heterocycles. The van der Waals surface area contributed by atoms with Crippen molar-refractivity contribution in [3.8, 4) is 5.75 Å². The highest BCUT2D eigenvalue weighted by atomic mass is 32.1. The monoisotopic (exact) mass is 610 g/mol. The number of amides is 1. The summed E-state index contributed by atoms with van der Waals surface area (Å²) < 4.78 is 11.1. The lowest BCUT2D eigenvalue weighted by atomic mass is 10.00. The molecule has 7 nitrogen and oxygen atoms in total. The molecule has 1 amide bonds. The Labute approximate surface area is 262 Å². The summed E-state index contributed by atoms with van der Waals surface area (Å²) in [4.78, 5) is 40.8. The summed E-state index contributed by atoms with van der Waals surface area (Å²) in [5.74, 6) is 1.00. The van der Waals surface area contributed by atoms with Gasteiger partial charge in [0, 0.05) is 36.3 Å². The van der Waals surface area contributed by atoms with Gasteiger partial charge >= 0.3 is 5.97 Å². The van der Waals surface area contributed by atoms with Crippen molar-refractivity contribution in [2.75, 3.05) is 32.1 Å². The highest BCUT2D eigenvalue weighted by molar-refractivity contribution is 7.08. The zero-order chi connectivity index (χ0) is 30.7. The average Bonchev–Trinajstić information content (AvgIpc) is 3.74. The number of thiophene rings is 1. The largest absolute Gasteiger partial charge is 0.494 e. The van der Waals surface area contributed by atoms with Crippen LogP contribution in [0.1, 0.15) is 46.3 Å². The van der Waals surface area contributed by atoms with E-state index < -0.39 is 12.0 Å². The van der Waals surface area contributed by atoms with Crippen molar-refractivity contribution in [3.05, 3.63) is 118 Å². The van der Waals surface area contributed by atoms with E-state index in [0.717, 1.165) is 29.8 Å². The molecular weight excluding hydrogens is 572 g/mol. The van der Waals surface area contributed by atoms with E-state index in [2.05, 4.69) is 5.32 Å². The molecule has 1 aromatic heterocycles. The van der Waals surface area contributed by atoms with Crippen LogP contribution in [-0.4, -0.2) is 55.4 Å². The number of hydrogen-bond acceptors (Lipinski definition) is 7. The number of para-hydroxylation sites is 1. The molecule has 5 rings (SSSR count). The smallest absolute Gasteiger partial charge is 0.328 e. The first kappa shape index (κ1) is 31.0. The molecule has 1 aliphatic carbocycles. The number of nitrogens with zero attached hydrogens (tertiary/aromatic N) is 1. The second kappa shape index (κ2) is 15.3. The highest BCUT2D eigenvalue weighted by Gasteiger charge is 2.27. The topological polar surface area (TPSA) is 84.9 Å². The van der Waals surface area contributed by atoms with Gasteiger partial charge in [-0.3, -0.25) is 9.59 Å². The van der Waals surface area contributed by atoms with E-state index >= 15 is 0 Å². The number of rotatable bonds is 16. The van der Waals surface area contributed by atoms with Crippen molar-refractivity contribution in [1.29, 1.82) is 0 Å². The number of hydrogen-bond donors (Lipinski definition) is 1. The van der Waals surface area contributed by atoms with Gasteiger partial charge in [0.2, 0.25) is 5.91 Å². The summed E-state index contributed by atoms with van der Waals surface area (Å²) in [5.41, 5.74) is 3.63. The van der Waals surface area contributed by atoms with Crippen LogP contribution in [0.3, 0.4) is 0 Å². The molecule has 1 fully saturated rings. The third kappa shape index (κ3) is 8.80. The second-order valence-corrected chi connectivity index (χ2v) is 11.9. The molecule has 0 unspecified atom stereocenters. The predicted octanol–water partition coefficient (Wildman–Crippen LogP) is 6.43. The summed E-state index contributed by atoms with van der Waals surface area (Å²) in [6.45, 7) is 2.01. The van der Waals surface area contributed by atoms with Gasteiger partial charge in [-0.25, -0.2) is 4.79 Å². The van der Waals surface area contributed by atoms with Gasteiger partial charge < -0.3 is 19.7 Å². The number of anilines is 1. The van der Waals surface area contributed by atoms with E-state index in [0.29, 0.717) is 48.7 Å². The van der Waals surface area contributed by atoms with Crippen molar-refractivity contribution in [2.45, 2.75) is 38.1 Å². The molecule has 1 aliphatic rings. The lowest BCUT2D eigenvalue weighted by Gasteiger charge is -2.23. The van der Waals surface area contributed by atoms with Gasteiger partial charge in [0.05, 0.1) is 20.1 Å². The normalized spacial score (nSPS) is 13.1. The van der Waals surface area contributed by atoms with Crippen LogP contribution in [0.15, 0.2) is 95.7 Å². The molecule has 1 atom stereocenters. The first-order chi connectivity index (χ1) is 21.5. The zero-order valence-electron chi connectivity index (χ0n) is 24.9. The Morgan fingerprint density at radius 2 is 1.68 bits per heavy atom. The van der Waals surface area contributed by atoms with Crippen LogP contribution in [0.4, 0.5) is 5.69 Å². The standard InChI is InChI=1S/C36H38N2O5S/c1-42-36(41)33(37-32-11-6-5-10-31(32)35(40)29-8-3-2-4-9-29)22-26-14-16-30(17-15-26)43-20-7-19-38(24-27-12-13-27)34(39)23-28-18-21-44-25-28/h2-6,8-11,14-18,21,25,27,33,37H,7,12-13,19-20,22-24H2,1H3/t33-/m0/s1. The molecule has 1 N–H and O–H groups in total. The Hall–Kier alpha value is -4.43. The molecule has 0 bridgehead atoms. The Kier molecular flexibility index (Phi) is 10.8. The lowest BCUT2D eigenvalue weighted by Crippen LogP contribution is -2.35. The van der Waals surface area contributed by atoms with Crippen molar-refractivity contribution < 1.29 is 23.9 Å². The maximum absolute atomic E-state index is 13.2. The fraction of sp³-hybridized carbons (Fsp3) is 0.306. The van der Waals surface area contributed by atoms with Gasteiger partial charge in [-0.15, -0.1) is 0 Å². The number of methoxy groups -OCH3 is 1. The number of benzene rings is 3. The number of carbonyl (C=O) groups is 3. The van der Waals surface area contributed by atoms with E-state index in [4.69, 9.17) is 9.47 Å². The van der Waals surface area contributed by atoms with E-state index in [1.54, 1.807) is 41.7 Å². The zero-order valence-corrected chi connectivity index (χ0v) is 25.8. The van der Waals surface area contributed by atoms with Crippen LogP contribution in [0.2, 0.25) is 0 Å². The molecule has 228 valence electrons. The third-order valence-electron chi connectivity index (χ3n) is 7.69. The predicted molar refractivity (Wildman–Crippen MR) is 173 cm³/mol. The summed E-state index contributed by atoms with van der Waals surface area (Å²) in [5, 5.41) is 7.29. The maximum Gasteiger partial charge on any atom is 0.328 e. The van der Waals surface area contributed by atoms with Gasteiger partial charge in [-0.2, -0.15) is 11.3 Å². The van der Waals surface area contributed by atoms with Crippen LogP contribution >= 0.6 is 11.3 Å². The number of nitrogens with one attached hydrogen (secondary N) is 1. The number of ketones is 1. The minimum Gasteiger partial charge on any atom is -0.494 e. The fourth-order valence-electron chi connectivity index (χ4n) is 5.09. The molecule has 0 radical (unpaired) electrons. The van der Waals surface area contributed by atoms with E-state index in [9.17, 15) is 14.4 Å². The van der Waals surface area contributed by atoms with Gasteiger partial charge in [0.15, 0.2) is 5.78 Å². The van der Waals surface area contributed by atoms with Crippen LogP contribution in [-0.2, 0) is 27.2 Å². The number of carbonyl (C=O) groups excluding carboxylic acids is 3. The Morgan fingerprint density at radius 3 is 2.39 bits per heavy atom. The average molecular weight is 611 g/mol. The highest BCUT2D eigenvalue weighted by Crippen LogP contribution is 2.30. The molecule has 8 heteroatoms. The van der Waals surface area contributed by atoms with Crippen LogP contribution in [0.25, 0.3) is 0 Å². The Morgan fingerprint density at radius 1 is 0.932 bits per heavy atom. The van der Waals surface area contributed by atoms with Crippen molar-refractivity contribution >= 4 is 34.7 Å². The minimum absolute atomic E-state index is 0.124. The summed E-state index contributed by atoms with van der Waals surface area (Å²) in [6, 6.07) is 25.2. The van der Waals surface area contributed by atoms with E-state index in [1.165, 1.54) is 20.0 Å². The van der Waals surface area contributed by atoms with Gasteiger partial charge in [0.1, 0.15) is 11.8 Å². The SMILES string of the molecule is COC(=O)[C@H](Cc1ccc(OCCCN(CC2CC2)C(=O)Cc2ccsc2)cc1)Nc1ccccc1C(=O)c1ccccc1. The second-order valence-electron chi connectivity index (χ2n) is 11.1. The van der Waals surface area contributed by atoms with Crippen molar-refractivity contribution in [2.24, 2.45) is 5.92 Å². The Bertz CT molecular complexity index is 1520. The van der Waals surface area contributed by atoms with Gasteiger partial charge in [-0.05, 0) is 77.4 Å². The van der Waals surface area contributed by atoms with E-state index in [1.807, 2.05) is 70.3 Å². The minimum atomic E-state index is -0.694. The van der Waals surface area contributed by atoms with E-state index in [-0.39, 0.29) is 11.7 Å². The first-order valence-corrected chi connectivity index (χ1v) is 16.0. The third-order valence-corrected chi connectivity index (χ3v) is 8.42. The molecule has 44 heavy (non-hydrogen) atoms. The van der Waals surface area contributed by atoms with Crippen molar-refractivity contribution in [1.82, 2.24) is 4.90 Å².